The molecule has 0 saturated carbocycles. The summed E-state index contributed by atoms with van der Waals surface area (Å²) in [6.45, 7) is 6.91. The molecule has 5 N–H and O–H groups in total. The first-order chi connectivity index (χ1) is 34.3. The molecule has 2 aliphatic heterocycles. The van der Waals surface area contributed by atoms with Crippen LogP contribution >= 0.6 is 0 Å². The number of hydrogen-bond donors (Lipinski definition) is 5. The van der Waals surface area contributed by atoms with E-state index in [1.54, 1.807) is 12.1 Å². The Morgan fingerprint density at radius 2 is 0.972 bits per heavy atom. The molecule has 2 heterocycles. The van der Waals surface area contributed by atoms with Crippen LogP contribution < -0.4 is 0 Å². The zero-order valence-corrected chi connectivity index (χ0v) is 42.0. The minimum atomic E-state index is -2.82. The summed E-state index contributed by atoms with van der Waals surface area (Å²) in [5.41, 5.74) is -3.56. The highest BCUT2D eigenvalue weighted by Gasteiger charge is 2.77. The second kappa shape index (κ2) is 23.8. The molecule has 6 aromatic rings. The summed E-state index contributed by atoms with van der Waals surface area (Å²) >= 11 is 0. The third-order valence-corrected chi connectivity index (χ3v) is 15.6. The van der Waals surface area contributed by atoms with Crippen LogP contribution in [0.2, 0.25) is 25.7 Å². The maximum atomic E-state index is 14.6. The Bertz CT molecular complexity index is 2490. The molecule has 12 heteroatoms. The van der Waals surface area contributed by atoms with E-state index in [-0.39, 0.29) is 52.3 Å². The summed E-state index contributed by atoms with van der Waals surface area (Å²) < 4.78 is 40.7. The predicted molar refractivity (Wildman–Crippen MR) is 275 cm³/mol. The Hall–Kier alpha value is -4.90. The molecule has 0 amide bonds. The summed E-state index contributed by atoms with van der Waals surface area (Å²) in [4.78, 5) is 0. The number of ether oxygens (including phenoxy) is 6. The third-order valence-electron chi connectivity index (χ3n) is 13.9. The van der Waals surface area contributed by atoms with Gasteiger partial charge in [-0.2, -0.15) is 0 Å². The van der Waals surface area contributed by atoms with Crippen molar-refractivity contribution < 1.29 is 54.0 Å². The lowest BCUT2D eigenvalue weighted by molar-refractivity contribution is -0.436. The van der Waals surface area contributed by atoms with E-state index in [2.05, 4.69) is 19.6 Å². The van der Waals surface area contributed by atoms with Crippen molar-refractivity contribution in [3.05, 3.63) is 215 Å². The first-order valence-electron chi connectivity index (χ1n) is 24.8. The Labute approximate surface area is 419 Å². The maximum absolute atomic E-state index is 14.6. The van der Waals surface area contributed by atoms with Gasteiger partial charge in [0.25, 0.3) is 0 Å². The van der Waals surface area contributed by atoms with E-state index in [0.29, 0.717) is 17.2 Å². The average Bonchev–Trinajstić information content (AvgIpc) is 3.37. The summed E-state index contributed by atoms with van der Waals surface area (Å²) in [6, 6.07) is 56.9. The quantitative estimate of drug-likeness (QED) is 0.0422. The van der Waals surface area contributed by atoms with Gasteiger partial charge in [0.15, 0.2) is 17.5 Å². The molecule has 2 aliphatic rings. The first kappa shape index (κ1) is 52.4. The van der Waals surface area contributed by atoms with Crippen molar-refractivity contribution >= 4 is 8.07 Å². The molecule has 0 aliphatic carbocycles. The highest BCUT2D eigenvalue weighted by Crippen LogP contribution is 2.54. The van der Waals surface area contributed by atoms with Crippen molar-refractivity contribution in [3.8, 4) is 0 Å². The van der Waals surface area contributed by atoms with Crippen molar-refractivity contribution in [2.24, 2.45) is 0 Å². The normalized spacial score (nSPS) is 28.3. The van der Waals surface area contributed by atoms with E-state index in [0.717, 1.165) is 22.3 Å². The molecule has 1 unspecified atom stereocenters. The molecule has 2 fully saturated rings. The summed E-state index contributed by atoms with van der Waals surface area (Å²) in [7, 11) is -1.75. The van der Waals surface area contributed by atoms with Crippen molar-refractivity contribution in [1.29, 1.82) is 0 Å². The lowest BCUT2D eigenvalue weighted by Gasteiger charge is -2.65. The molecule has 71 heavy (non-hydrogen) atoms. The molecule has 0 aromatic heterocycles. The minimum absolute atomic E-state index is 0.0365. The molecule has 0 radical (unpaired) electrons. The zero-order valence-electron chi connectivity index (χ0n) is 41.0. The summed E-state index contributed by atoms with van der Waals surface area (Å²) in [6.07, 6.45) is -12.5. The average molecular weight is 983 g/mol. The topological polar surface area (TPSA) is 157 Å². The number of aliphatic hydroxyl groups is 5. The highest BCUT2D eigenvalue weighted by molar-refractivity contribution is 6.76. The van der Waals surface area contributed by atoms with Crippen molar-refractivity contribution in [3.63, 3.8) is 0 Å². The summed E-state index contributed by atoms with van der Waals surface area (Å²) in [5, 5.41) is 69.0. The molecular formula is C59H70O11Si. The molecule has 8 rings (SSSR count). The SMILES string of the molecule is C[Si](C)(C)CCO[C@H]1O[C@H](C(O)Cc2ccccc2)[C@@](O)([C@@H]2O[C@H](COCc3ccccc3)[C@H](OCc3ccccc3)[C@H](O)[C@H]2OCc2ccccc2)[C@@](O)(Cc2ccccc2)[C@]1(O)Cc1ccccc1. The van der Waals surface area contributed by atoms with Crippen LogP contribution in [0.4, 0.5) is 0 Å². The number of hydrogen-bond acceptors (Lipinski definition) is 11. The van der Waals surface area contributed by atoms with E-state index in [9.17, 15) is 25.5 Å². The Kier molecular flexibility index (Phi) is 17.5. The van der Waals surface area contributed by atoms with Gasteiger partial charge in [-0.1, -0.05) is 202 Å². The number of aliphatic hydroxyl groups excluding tert-OH is 2. The fraction of sp³-hybridized carbons (Fsp3) is 0.390. The van der Waals surface area contributed by atoms with Crippen LogP contribution in [-0.4, -0.2) is 113 Å². The molecular weight excluding hydrogens is 913 g/mol. The second-order valence-electron chi connectivity index (χ2n) is 20.4. The van der Waals surface area contributed by atoms with Crippen LogP contribution in [-0.2, 0) is 67.5 Å². The van der Waals surface area contributed by atoms with Gasteiger partial charge in [0.1, 0.15) is 42.2 Å². The van der Waals surface area contributed by atoms with Gasteiger partial charge in [-0.05, 0) is 39.4 Å². The molecule has 0 bridgehead atoms. The van der Waals surface area contributed by atoms with Crippen LogP contribution in [0.3, 0.4) is 0 Å². The second-order valence-corrected chi connectivity index (χ2v) is 26.0. The standard InChI is InChI=1S/C59H70O11Si/c1-71(2,3)35-34-66-56-57(62,37-44-24-12-5-13-25-44)58(63,38-45-26-14-6-15-27-45)59(64,54(70-56)49(60)36-43-22-10-4-11-23-43)55-53(68-41-48-32-20-9-21-33-48)51(61)52(67-40-47-30-18-8-19-31-47)50(69-55)42-65-39-46-28-16-7-17-29-46/h4-33,49-56,60-64H,34-42H2,1-3H3/t49?,50-,51+,52+,53-,54-,55-,56+,57+,58-,59-/m1/s1. The lowest BCUT2D eigenvalue weighted by Crippen LogP contribution is -2.88. The van der Waals surface area contributed by atoms with Crippen LogP contribution in [0.5, 0.6) is 0 Å². The fourth-order valence-electron chi connectivity index (χ4n) is 10.1. The molecule has 11 atom stereocenters. The molecule has 6 aromatic carbocycles. The van der Waals surface area contributed by atoms with Gasteiger partial charge < -0.3 is 54.0 Å². The van der Waals surface area contributed by atoms with Gasteiger partial charge in [0.2, 0.25) is 0 Å². The first-order valence-corrected chi connectivity index (χ1v) is 28.5. The lowest BCUT2D eigenvalue weighted by atomic mass is 9.57. The van der Waals surface area contributed by atoms with Gasteiger partial charge in [0, 0.05) is 33.9 Å². The van der Waals surface area contributed by atoms with E-state index in [1.807, 2.05) is 170 Å². The van der Waals surface area contributed by atoms with Gasteiger partial charge in [-0.3, -0.25) is 0 Å². The largest absolute Gasteiger partial charge is 0.390 e. The van der Waals surface area contributed by atoms with E-state index < -0.39 is 73.9 Å². The number of rotatable bonds is 22. The predicted octanol–water partition coefficient (Wildman–Crippen LogP) is 7.86. The van der Waals surface area contributed by atoms with E-state index >= 15 is 0 Å². The van der Waals surface area contributed by atoms with Gasteiger partial charge in [-0.15, -0.1) is 0 Å². The van der Waals surface area contributed by atoms with Crippen LogP contribution in [0.1, 0.15) is 33.4 Å². The van der Waals surface area contributed by atoms with Crippen LogP contribution in [0, 0.1) is 0 Å². The maximum Gasteiger partial charge on any atom is 0.190 e. The molecule has 11 nitrogen and oxygen atoms in total. The van der Waals surface area contributed by atoms with E-state index in [1.165, 1.54) is 0 Å². The minimum Gasteiger partial charge on any atom is -0.390 e. The van der Waals surface area contributed by atoms with Crippen molar-refractivity contribution in [2.45, 2.75) is 131 Å². The van der Waals surface area contributed by atoms with Gasteiger partial charge in [-0.25, -0.2) is 0 Å². The molecule has 2 saturated heterocycles. The van der Waals surface area contributed by atoms with Crippen molar-refractivity contribution in [2.75, 3.05) is 13.2 Å². The van der Waals surface area contributed by atoms with E-state index in [4.69, 9.17) is 28.4 Å². The Morgan fingerprint density at radius 3 is 1.46 bits per heavy atom. The monoisotopic (exact) mass is 982 g/mol. The van der Waals surface area contributed by atoms with Crippen molar-refractivity contribution in [1.82, 2.24) is 0 Å². The zero-order chi connectivity index (χ0) is 49.9. The fourth-order valence-corrected chi connectivity index (χ4v) is 10.8. The van der Waals surface area contributed by atoms with Gasteiger partial charge >= 0.3 is 0 Å². The Morgan fingerprint density at radius 1 is 0.535 bits per heavy atom. The van der Waals surface area contributed by atoms with Crippen LogP contribution in [0.25, 0.3) is 0 Å². The smallest absolute Gasteiger partial charge is 0.190 e. The number of benzene rings is 6. The van der Waals surface area contributed by atoms with Crippen LogP contribution in [0.15, 0.2) is 182 Å². The third kappa shape index (κ3) is 12.5. The summed E-state index contributed by atoms with van der Waals surface area (Å²) in [5.74, 6) is 0. The van der Waals surface area contributed by atoms with Gasteiger partial charge in [0.05, 0.1) is 32.5 Å². The molecule has 0 spiro atoms. The molecule has 376 valence electrons. The highest BCUT2D eigenvalue weighted by atomic mass is 28.3. The Balaban J connectivity index is 1.32.